The largest absolute Gasteiger partial charge is 0.443 e. The summed E-state index contributed by atoms with van der Waals surface area (Å²) < 4.78 is 71.6. The molecule has 2 aromatic carbocycles. The highest BCUT2D eigenvalue weighted by atomic mass is 35.5. The van der Waals surface area contributed by atoms with Crippen LogP contribution in [0, 0.1) is 0 Å². The summed E-state index contributed by atoms with van der Waals surface area (Å²) in [5.41, 5.74) is -0.397. The maximum absolute atomic E-state index is 13.1. The van der Waals surface area contributed by atoms with Crippen LogP contribution in [-0.4, -0.2) is 31.2 Å². The Bertz CT molecular complexity index is 1240. The van der Waals surface area contributed by atoms with E-state index < -0.39 is 33.7 Å². The summed E-state index contributed by atoms with van der Waals surface area (Å²) in [7, 11) is -4.08. The van der Waals surface area contributed by atoms with E-state index in [2.05, 4.69) is 5.32 Å². The van der Waals surface area contributed by atoms with Gasteiger partial charge in [-0.1, -0.05) is 29.8 Å². The van der Waals surface area contributed by atoms with Crippen molar-refractivity contribution in [3.63, 3.8) is 0 Å². The van der Waals surface area contributed by atoms with Crippen LogP contribution in [0.25, 0.3) is 11.0 Å². The highest BCUT2D eigenvalue weighted by molar-refractivity contribution is 7.89. The van der Waals surface area contributed by atoms with E-state index in [1.54, 1.807) is 24.3 Å². The molecule has 1 atom stereocenters. The second-order valence-electron chi connectivity index (χ2n) is 7.40. The minimum absolute atomic E-state index is 0.0662. The van der Waals surface area contributed by atoms with Crippen LogP contribution in [0.5, 0.6) is 0 Å². The number of hydrogen-bond acceptors (Lipinski definition) is 4. The lowest BCUT2D eigenvalue weighted by molar-refractivity contribution is -0.137. The van der Waals surface area contributed by atoms with Gasteiger partial charge in [-0.25, -0.2) is 8.42 Å². The predicted molar refractivity (Wildman–Crippen MR) is 111 cm³/mol. The number of fused-ring (bicyclic) bond motifs is 1. The van der Waals surface area contributed by atoms with Crippen molar-refractivity contribution in [2.75, 3.05) is 6.54 Å². The third kappa shape index (κ3) is 4.35. The smallest absolute Gasteiger partial charge is 0.416 e. The van der Waals surface area contributed by atoms with Gasteiger partial charge in [0.25, 0.3) is 10.0 Å². The molecule has 0 radical (unpaired) electrons. The zero-order valence-corrected chi connectivity index (χ0v) is 18.1. The molecular formula is C21H18ClF3N2O4S. The van der Waals surface area contributed by atoms with Gasteiger partial charge in [0.05, 0.1) is 5.56 Å². The van der Waals surface area contributed by atoms with Crippen LogP contribution < -0.4 is 5.32 Å². The molecule has 170 valence electrons. The number of sulfonamides is 1. The van der Waals surface area contributed by atoms with Gasteiger partial charge in [0.15, 0.2) is 0 Å². The minimum Gasteiger partial charge on any atom is -0.443 e. The first kappa shape index (κ1) is 22.6. The molecule has 1 unspecified atom stereocenters. The summed E-state index contributed by atoms with van der Waals surface area (Å²) in [5.74, 6) is -0.615. The third-order valence-electron chi connectivity index (χ3n) is 5.30. The van der Waals surface area contributed by atoms with E-state index in [4.69, 9.17) is 16.0 Å². The lowest BCUT2D eigenvalue weighted by Crippen LogP contribution is -2.45. The van der Waals surface area contributed by atoms with Crippen molar-refractivity contribution in [3.8, 4) is 0 Å². The summed E-state index contributed by atoms with van der Waals surface area (Å²) in [6.07, 6.45) is -3.81. The van der Waals surface area contributed by atoms with Crippen LogP contribution in [0.1, 0.15) is 24.0 Å². The van der Waals surface area contributed by atoms with Gasteiger partial charge >= 0.3 is 6.18 Å². The Balaban J connectivity index is 1.52. The SMILES string of the molecule is O=C(NCc1cc(C(F)(F)F)ccc1Cl)C1CCCN1S(=O)(=O)c1cc2ccccc2o1. The molecule has 1 fully saturated rings. The summed E-state index contributed by atoms with van der Waals surface area (Å²) in [6, 6.07) is 10.0. The Hall–Kier alpha value is -2.56. The van der Waals surface area contributed by atoms with Crippen molar-refractivity contribution in [3.05, 3.63) is 64.7 Å². The summed E-state index contributed by atoms with van der Waals surface area (Å²) in [6.45, 7) is -0.140. The number of carbonyl (C=O) groups excluding carboxylic acids is 1. The van der Waals surface area contributed by atoms with Gasteiger partial charge in [-0.3, -0.25) is 4.79 Å². The van der Waals surface area contributed by atoms with Crippen molar-refractivity contribution < 1.29 is 30.8 Å². The van der Waals surface area contributed by atoms with Crippen LogP contribution >= 0.6 is 11.6 Å². The van der Waals surface area contributed by atoms with E-state index in [9.17, 15) is 26.4 Å². The molecule has 0 spiro atoms. The summed E-state index contributed by atoms with van der Waals surface area (Å²) in [5, 5.41) is 2.93. The van der Waals surface area contributed by atoms with Crippen molar-refractivity contribution in [1.82, 2.24) is 9.62 Å². The van der Waals surface area contributed by atoms with Gasteiger partial charge in [-0.2, -0.15) is 17.5 Å². The van der Waals surface area contributed by atoms with E-state index >= 15 is 0 Å². The van der Waals surface area contributed by atoms with Crippen LogP contribution in [0.3, 0.4) is 0 Å². The van der Waals surface area contributed by atoms with Gasteiger partial charge in [-0.05, 0) is 42.7 Å². The normalized spacial score (nSPS) is 17.7. The first-order valence-electron chi connectivity index (χ1n) is 9.71. The van der Waals surface area contributed by atoms with Crippen molar-refractivity contribution in [2.45, 2.75) is 36.7 Å². The number of nitrogens with one attached hydrogen (secondary N) is 1. The average Bonchev–Trinajstić information content (AvgIpc) is 3.40. The van der Waals surface area contributed by atoms with Gasteiger partial charge in [0, 0.05) is 29.6 Å². The van der Waals surface area contributed by atoms with Gasteiger partial charge < -0.3 is 9.73 Å². The fourth-order valence-corrected chi connectivity index (χ4v) is 5.47. The number of carbonyl (C=O) groups is 1. The fourth-order valence-electron chi connectivity index (χ4n) is 3.68. The maximum Gasteiger partial charge on any atom is 0.416 e. The van der Waals surface area contributed by atoms with E-state index in [0.29, 0.717) is 17.4 Å². The topological polar surface area (TPSA) is 79.6 Å². The van der Waals surface area contributed by atoms with Crippen molar-refractivity contribution in [2.24, 2.45) is 0 Å². The number of alkyl halides is 3. The van der Waals surface area contributed by atoms with Crippen LogP contribution in [-0.2, 0) is 27.5 Å². The molecule has 3 aromatic rings. The average molecular weight is 487 g/mol. The minimum atomic E-state index is -4.55. The molecule has 0 aliphatic carbocycles. The van der Waals surface area contributed by atoms with E-state index in [1.807, 2.05) is 0 Å². The number of furan rings is 1. The second-order valence-corrected chi connectivity index (χ2v) is 9.63. The summed E-state index contributed by atoms with van der Waals surface area (Å²) >= 11 is 5.97. The second kappa shape index (κ2) is 8.42. The Kier molecular flexibility index (Phi) is 5.95. The fraction of sp³-hybridized carbons (Fsp3) is 0.286. The number of para-hydroxylation sites is 1. The van der Waals surface area contributed by atoms with E-state index in [-0.39, 0.29) is 35.2 Å². The molecule has 1 saturated heterocycles. The van der Waals surface area contributed by atoms with Crippen molar-refractivity contribution >= 4 is 38.5 Å². The Morgan fingerprint density at radius 2 is 1.94 bits per heavy atom. The zero-order valence-electron chi connectivity index (χ0n) is 16.5. The molecule has 1 aliphatic heterocycles. The first-order chi connectivity index (χ1) is 15.1. The van der Waals surface area contributed by atoms with Crippen LogP contribution in [0.15, 0.2) is 58.0 Å². The number of nitrogens with zero attached hydrogens (tertiary/aromatic N) is 1. The molecule has 0 saturated carbocycles. The molecule has 6 nitrogen and oxygen atoms in total. The number of benzene rings is 2. The van der Waals surface area contributed by atoms with Crippen LogP contribution in [0.4, 0.5) is 13.2 Å². The molecule has 1 N–H and O–H groups in total. The Morgan fingerprint density at radius 3 is 2.66 bits per heavy atom. The molecule has 4 rings (SSSR count). The molecule has 0 bridgehead atoms. The molecule has 11 heteroatoms. The zero-order chi connectivity index (χ0) is 23.1. The Morgan fingerprint density at radius 1 is 1.19 bits per heavy atom. The predicted octanol–water partition coefficient (Wildman–Crippen LogP) is 4.57. The Labute approximate surface area is 187 Å². The summed E-state index contributed by atoms with van der Waals surface area (Å²) in [4.78, 5) is 12.8. The number of hydrogen-bond donors (Lipinski definition) is 1. The van der Waals surface area contributed by atoms with Gasteiger partial charge in [0.1, 0.15) is 11.6 Å². The van der Waals surface area contributed by atoms with E-state index in [0.717, 1.165) is 22.5 Å². The lowest BCUT2D eigenvalue weighted by atomic mass is 10.1. The standard InChI is InChI=1S/C21H18ClF3N2O4S/c22-16-8-7-15(21(23,24)25)10-14(16)12-26-20(28)17-5-3-9-27(17)32(29,30)19-11-13-4-1-2-6-18(13)31-19/h1-2,4,6-8,10-11,17H,3,5,9,12H2,(H,26,28). The lowest BCUT2D eigenvalue weighted by Gasteiger charge is -2.22. The quantitative estimate of drug-likeness (QED) is 0.572. The van der Waals surface area contributed by atoms with Crippen LogP contribution in [0.2, 0.25) is 5.02 Å². The first-order valence-corrected chi connectivity index (χ1v) is 11.5. The number of rotatable bonds is 5. The molecule has 1 aromatic heterocycles. The number of amides is 1. The van der Waals surface area contributed by atoms with Gasteiger partial charge in [-0.15, -0.1) is 0 Å². The monoisotopic (exact) mass is 486 g/mol. The van der Waals surface area contributed by atoms with Crippen molar-refractivity contribution in [1.29, 1.82) is 0 Å². The highest BCUT2D eigenvalue weighted by Gasteiger charge is 2.41. The molecule has 2 heterocycles. The highest BCUT2D eigenvalue weighted by Crippen LogP contribution is 2.32. The number of halogens is 4. The van der Waals surface area contributed by atoms with Gasteiger partial charge in [0.2, 0.25) is 11.0 Å². The molecule has 32 heavy (non-hydrogen) atoms. The molecule has 1 aliphatic rings. The maximum atomic E-state index is 13.1. The third-order valence-corrected chi connectivity index (χ3v) is 7.43. The molecule has 1 amide bonds. The molecular weight excluding hydrogens is 469 g/mol. The van der Waals surface area contributed by atoms with E-state index in [1.165, 1.54) is 6.07 Å².